The molecule has 0 atom stereocenters. The van der Waals surface area contributed by atoms with Crippen molar-refractivity contribution in [2.75, 3.05) is 0 Å². The molecule has 0 amide bonds. The molecule has 210 valence electrons. The molecule has 1 aromatic heterocycles. The van der Waals surface area contributed by atoms with Gasteiger partial charge >= 0.3 is 0 Å². The third kappa shape index (κ3) is 4.56. The van der Waals surface area contributed by atoms with Crippen molar-refractivity contribution in [3.63, 3.8) is 0 Å². The van der Waals surface area contributed by atoms with Gasteiger partial charge in [0.1, 0.15) is 11.2 Å². The normalized spacial score (nSPS) is 18.0. The molecule has 0 fully saturated rings. The van der Waals surface area contributed by atoms with Gasteiger partial charge in [-0.2, -0.15) is 0 Å². The van der Waals surface area contributed by atoms with Gasteiger partial charge in [0.25, 0.3) is 0 Å². The Morgan fingerprint density at radius 2 is 1.16 bits per heavy atom. The predicted octanol–water partition coefficient (Wildman–Crippen LogP) is 11.5. The summed E-state index contributed by atoms with van der Waals surface area (Å²) in [6.07, 6.45) is 4.13. The molecule has 8 rings (SSSR count). The second-order valence-corrected chi connectivity index (χ2v) is 11.5. The fourth-order valence-corrected chi connectivity index (χ4v) is 6.56. The first-order valence-corrected chi connectivity index (χ1v) is 15.3. The molecule has 1 aliphatic heterocycles. The number of furan rings is 1. The quantitative estimate of drug-likeness (QED) is 0.208. The minimum atomic E-state index is 0.885. The number of fused-ring (bicyclic) bond motifs is 5. The molecule has 1 aliphatic rings. The average Bonchev–Trinajstić information content (AvgIpc) is 3.47. The Bertz CT molecular complexity index is 2250. The lowest BCUT2D eigenvalue weighted by Crippen LogP contribution is -2.04. The number of hydrogen-bond acceptors (Lipinski definition) is 2. The summed E-state index contributed by atoms with van der Waals surface area (Å²) < 4.78 is 6.84. The first kappa shape index (κ1) is 26.2. The number of nitrogens with zero attached hydrogens (tertiary/aromatic N) is 1. The van der Waals surface area contributed by atoms with E-state index in [4.69, 9.17) is 9.41 Å². The standard InChI is InChI=1S/C42H31NO/c1-28-24-25-32(29-14-5-2-6-15-29)26-38(31-18-9-4-10-19-31)43-41(28)36-23-13-22-35-40-34-21-12-11-20-33(34)37(27-39(40)44-42(35)36)30-16-7-3-8-17-30/h2-23,26-27H,24-25H2,1H3/b32-26+,41-28-,43-38+. The smallest absolute Gasteiger partial charge is 0.144 e. The van der Waals surface area contributed by atoms with Crippen molar-refractivity contribution in [3.05, 3.63) is 168 Å². The van der Waals surface area contributed by atoms with Crippen LogP contribution in [0.4, 0.5) is 0 Å². The van der Waals surface area contributed by atoms with Crippen LogP contribution in [-0.2, 0) is 0 Å². The van der Waals surface area contributed by atoms with Crippen LogP contribution in [0.5, 0.6) is 0 Å². The minimum absolute atomic E-state index is 0.885. The summed E-state index contributed by atoms with van der Waals surface area (Å²) in [5.41, 5.74) is 12.0. The molecular formula is C42H31NO. The molecule has 0 saturated heterocycles. The summed E-state index contributed by atoms with van der Waals surface area (Å²) in [7, 11) is 0. The molecule has 0 unspecified atom stereocenters. The van der Waals surface area contributed by atoms with E-state index in [9.17, 15) is 0 Å². The highest BCUT2D eigenvalue weighted by Crippen LogP contribution is 2.43. The van der Waals surface area contributed by atoms with Crippen molar-refractivity contribution < 1.29 is 4.42 Å². The summed E-state index contributed by atoms with van der Waals surface area (Å²) in [5, 5.41) is 4.70. The zero-order chi connectivity index (χ0) is 29.5. The van der Waals surface area contributed by atoms with Crippen LogP contribution < -0.4 is 0 Å². The van der Waals surface area contributed by atoms with Gasteiger partial charge in [-0.05, 0) is 76.6 Å². The number of allylic oxidation sites excluding steroid dienone is 3. The van der Waals surface area contributed by atoms with Crippen LogP contribution in [0.15, 0.2) is 161 Å². The zero-order valence-corrected chi connectivity index (χ0v) is 24.6. The van der Waals surface area contributed by atoms with Gasteiger partial charge in [-0.25, -0.2) is 4.99 Å². The average molecular weight is 566 g/mol. The Labute approximate surface area is 257 Å². The van der Waals surface area contributed by atoms with E-state index in [2.05, 4.69) is 153 Å². The molecule has 7 aromatic rings. The van der Waals surface area contributed by atoms with Crippen LogP contribution in [0, 0.1) is 0 Å². The topological polar surface area (TPSA) is 25.5 Å². The molecule has 2 heteroatoms. The van der Waals surface area contributed by atoms with Gasteiger partial charge < -0.3 is 4.42 Å². The maximum Gasteiger partial charge on any atom is 0.144 e. The molecule has 0 spiro atoms. The van der Waals surface area contributed by atoms with Crippen molar-refractivity contribution >= 4 is 49.7 Å². The second kappa shape index (κ2) is 11.0. The van der Waals surface area contributed by atoms with Crippen molar-refractivity contribution in [1.29, 1.82) is 0 Å². The van der Waals surface area contributed by atoms with Gasteiger partial charge in [-0.15, -0.1) is 0 Å². The lowest BCUT2D eigenvalue weighted by atomic mass is 9.92. The fraction of sp³-hybridized carbons (Fsp3) is 0.0714. The van der Waals surface area contributed by atoms with Gasteiger partial charge in [0.2, 0.25) is 0 Å². The molecule has 44 heavy (non-hydrogen) atoms. The Morgan fingerprint density at radius 3 is 1.89 bits per heavy atom. The van der Waals surface area contributed by atoms with E-state index in [-0.39, 0.29) is 0 Å². The van der Waals surface area contributed by atoms with E-state index in [0.717, 1.165) is 57.3 Å². The van der Waals surface area contributed by atoms with Crippen LogP contribution in [-0.4, -0.2) is 5.71 Å². The van der Waals surface area contributed by atoms with Crippen LogP contribution in [0.2, 0.25) is 0 Å². The van der Waals surface area contributed by atoms with Gasteiger partial charge in [-0.3, -0.25) is 0 Å². The molecule has 0 saturated carbocycles. The van der Waals surface area contributed by atoms with Crippen LogP contribution in [0.25, 0.3) is 55.1 Å². The summed E-state index contributed by atoms with van der Waals surface area (Å²) >= 11 is 0. The van der Waals surface area contributed by atoms with Gasteiger partial charge in [0.05, 0.1) is 11.4 Å². The lowest BCUT2D eigenvalue weighted by molar-refractivity contribution is 0.668. The first-order chi connectivity index (χ1) is 21.7. The molecule has 0 bridgehead atoms. The maximum absolute atomic E-state index is 6.84. The highest BCUT2D eigenvalue weighted by molar-refractivity contribution is 6.23. The Morgan fingerprint density at radius 1 is 0.545 bits per heavy atom. The number of benzene rings is 6. The number of hydrogen-bond donors (Lipinski definition) is 0. The van der Waals surface area contributed by atoms with Gasteiger partial charge in [-0.1, -0.05) is 127 Å². The summed E-state index contributed by atoms with van der Waals surface area (Å²) in [5.74, 6) is 0. The second-order valence-electron chi connectivity index (χ2n) is 11.5. The van der Waals surface area contributed by atoms with Crippen molar-refractivity contribution in [2.45, 2.75) is 19.8 Å². The third-order valence-electron chi connectivity index (χ3n) is 8.78. The molecule has 0 N–H and O–H groups in total. The predicted molar refractivity (Wildman–Crippen MR) is 186 cm³/mol. The SMILES string of the molecule is C/C1=C(c2cccc3c2oc2cc(-c4ccccc4)c4ccccc4c23)/N=C(c2ccccc2)\C=C(\c2ccccc2)CC1. The monoisotopic (exact) mass is 565 g/mol. The van der Waals surface area contributed by atoms with E-state index in [0.29, 0.717) is 0 Å². The van der Waals surface area contributed by atoms with Crippen molar-refractivity contribution in [3.8, 4) is 11.1 Å². The highest BCUT2D eigenvalue weighted by Gasteiger charge is 2.21. The first-order valence-electron chi connectivity index (χ1n) is 15.3. The molecule has 2 nitrogen and oxygen atoms in total. The summed E-state index contributed by atoms with van der Waals surface area (Å²) in [4.78, 5) is 5.44. The van der Waals surface area contributed by atoms with E-state index in [1.807, 2.05) is 0 Å². The highest BCUT2D eigenvalue weighted by atomic mass is 16.3. The van der Waals surface area contributed by atoms with Crippen LogP contribution in [0.1, 0.15) is 36.5 Å². The zero-order valence-electron chi connectivity index (χ0n) is 24.6. The van der Waals surface area contributed by atoms with Gasteiger partial charge in [0.15, 0.2) is 0 Å². The molecule has 0 radical (unpaired) electrons. The van der Waals surface area contributed by atoms with E-state index in [1.54, 1.807) is 0 Å². The molecule has 2 heterocycles. The third-order valence-corrected chi connectivity index (χ3v) is 8.78. The van der Waals surface area contributed by atoms with Crippen LogP contribution in [0.3, 0.4) is 0 Å². The molecular weight excluding hydrogens is 534 g/mol. The Hall–Kier alpha value is -5.47. The Balaban J connectivity index is 1.37. The largest absolute Gasteiger partial charge is 0.455 e. The van der Waals surface area contributed by atoms with E-state index in [1.165, 1.54) is 38.6 Å². The Kier molecular flexibility index (Phi) is 6.53. The molecule has 0 aliphatic carbocycles. The number of para-hydroxylation sites is 1. The lowest BCUT2D eigenvalue weighted by Gasteiger charge is -2.17. The number of aliphatic imine (C=N–C) groups is 1. The summed E-state index contributed by atoms with van der Waals surface area (Å²) in [6.45, 7) is 2.22. The van der Waals surface area contributed by atoms with E-state index < -0.39 is 0 Å². The van der Waals surface area contributed by atoms with Crippen molar-refractivity contribution in [2.24, 2.45) is 4.99 Å². The van der Waals surface area contributed by atoms with Crippen molar-refractivity contribution in [1.82, 2.24) is 0 Å². The van der Waals surface area contributed by atoms with E-state index >= 15 is 0 Å². The van der Waals surface area contributed by atoms with Gasteiger partial charge in [0, 0.05) is 21.9 Å². The fourth-order valence-electron chi connectivity index (χ4n) is 6.56. The molecule has 6 aromatic carbocycles. The number of rotatable bonds is 4. The maximum atomic E-state index is 6.84. The minimum Gasteiger partial charge on any atom is -0.455 e. The van der Waals surface area contributed by atoms with Crippen LogP contribution >= 0.6 is 0 Å². The summed E-state index contributed by atoms with van der Waals surface area (Å²) in [6, 6.07) is 49.1.